The van der Waals surface area contributed by atoms with Crippen LogP contribution < -0.4 is 5.32 Å². The van der Waals surface area contributed by atoms with Crippen molar-refractivity contribution >= 4 is 12.4 Å². The van der Waals surface area contributed by atoms with E-state index in [1.807, 2.05) is 7.05 Å². The van der Waals surface area contributed by atoms with E-state index >= 15 is 0 Å². The molecule has 1 aliphatic rings. The first-order valence-corrected chi connectivity index (χ1v) is 8.37. The van der Waals surface area contributed by atoms with Gasteiger partial charge >= 0.3 is 0 Å². The molecule has 1 heterocycles. The fraction of sp³-hybridized carbons (Fsp3) is 0.400. The van der Waals surface area contributed by atoms with E-state index in [-0.39, 0.29) is 12.4 Å². The topological polar surface area (TPSA) is 15.3 Å². The Kier molecular flexibility index (Phi) is 7.10. The van der Waals surface area contributed by atoms with Crippen LogP contribution in [0.15, 0.2) is 48.5 Å². The summed E-state index contributed by atoms with van der Waals surface area (Å²) in [4.78, 5) is 2.60. The Bertz CT molecular complexity index is 563. The van der Waals surface area contributed by atoms with E-state index in [1.165, 1.54) is 28.7 Å². The van der Waals surface area contributed by atoms with E-state index < -0.39 is 0 Å². The monoisotopic (exact) mass is 330 g/mol. The minimum absolute atomic E-state index is 0. The number of benzene rings is 2. The van der Waals surface area contributed by atoms with E-state index in [0.29, 0.717) is 0 Å². The summed E-state index contributed by atoms with van der Waals surface area (Å²) < 4.78 is 0. The SMILES string of the molecule is CNCCCN1Cc2ccccc2CCc2ccccc2C1.Cl. The molecule has 0 aromatic heterocycles. The average Bonchev–Trinajstić information content (AvgIpc) is 2.62. The van der Waals surface area contributed by atoms with E-state index in [0.717, 1.165) is 39.0 Å². The summed E-state index contributed by atoms with van der Waals surface area (Å²) in [6, 6.07) is 17.9. The van der Waals surface area contributed by atoms with Gasteiger partial charge in [-0.1, -0.05) is 48.5 Å². The molecule has 2 aromatic carbocycles. The number of hydrogen-bond donors (Lipinski definition) is 1. The maximum atomic E-state index is 3.26. The Morgan fingerprint density at radius 2 is 1.30 bits per heavy atom. The summed E-state index contributed by atoms with van der Waals surface area (Å²) in [6.07, 6.45) is 3.50. The number of halogens is 1. The molecule has 3 rings (SSSR count). The van der Waals surface area contributed by atoms with Crippen molar-refractivity contribution in [3.05, 3.63) is 70.8 Å². The van der Waals surface area contributed by atoms with Crippen molar-refractivity contribution in [1.82, 2.24) is 10.2 Å². The Labute approximate surface area is 146 Å². The normalized spacial score (nSPS) is 14.7. The molecule has 2 nitrogen and oxygen atoms in total. The fourth-order valence-corrected chi connectivity index (χ4v) is 3.36. The van der Waals surface area contributed by atoms with E-state index in [1.54, 1.807) is 0 Å². The summed E-state index contributed by atoms with van der Waals surface area (Å²) in [5, 5.41) is 3.26. The lowest BCUT2D eigenvalue weighted by atomic mass is 9.98. The molecule has 23 heavy (non-hydrogen) atoms. The molecule has 124 valence electrons. The molecule has 1 aliphatic heterocycles. The van der Waals surface area contributed by atoms with Crippen molar-refractivity contribution in [3.63, 3.8) is 0 Å². The van der Waals surface area contributed by atoms with E-state index in [9.17, 15) is 0 Å². The van der Waals surface area contributed by atoms with Crippen LogP contribution in [-0.2, 0) is 25.9 Å². The van der Waals surface area contributed by atoms with Gasteiger partial charge in [0.1, 0.15) is 0 Å². The number of nitrogens with one attached hydrogen (secondary N) is 1. The van der Waals surface area contributed by atoms with Gasteiger partial charge in [0.15, 0.2) is 0 Å². The van der Waals surface area contributed by atoms with Gasteiger partial charge < -0.3 is 5.32 Å². The largest absolute Gasteiger partial charge is 0.320 e. The van der Waals surface area contributed by atoms with E-state index in [4.69, 9.17) is 0 Å². The summed E-state index contributed by atoms with van der Waals surface area (Å²) in [6.45, 7) is 4.35. The van der Waals surface area contributed by atoms with Crippen LogP contribution in [0.4, 0.5) is 0 Å². The molecule has 2 aromatic rings. The third-order valence-corrected chi connectivity index (χ3v) is 4.59. The van der Waals surface area contributed by atoms with E-state index in [2.05, 4.69) is 58.7 Å². The molecule has 3 heteroatoms. The molecular weight excluding hydrogens is 304 g/mol. The zero-order valence-corrected chi connectivity index (χ0v) is 14.7. The number of aryl methyl sites for hydroxylation is 2. The summed E-state index contributed by atoms with van der Waals surface area (Å²) >= 11 is 0. The highest BCUT2D eigenvalue weighted by Crippen LogP contribution is 2.22. The summed E-state index contributed by atoms with van der Waals surface area (Å²) in [7, 11) is 2.03. The molecule has 0 atom stereocenters. The lowest BCUT2D eigenvalue weighted by Gasteiger charge is -2.23. The third-order valence-electron chi connectivity index (χ3n) is 4.59. The Morgan fingerprint density at radius 1 is 0.826 bits per heavy atom. The minimum Gasteiger partial charge on any atom is -0.320 e. The highest BCUT2D eigenvalue weighted by atomic mass is 35.5. The van der Waals surface area contributed by atoms with Gasteiger partial charge in [-0.3, -0.25) is 4.90 Å². The van der Waals surface area contributed by atoms with Crippen LogP contribution in [0.2, 0.25) is 0 Å². The second-order valence-corrected chi connectivity index (χ2v) is 6.21. The van der Waals surface area contributed by atoms with Crippen LogP contribution in [0, 0.1) is 0 Å². The predicted octanol–water partition coefficient (Wildman–Crippen LogP) is 3.82. The first-order chi connectivity index (χ1) is 10.9. The van der Waals surface area contributed by atoms with Gasteiger partial charge in [0.05, 0.1) is 0 Å². The Balaban J connectivity index is 0.00000192. The van der Waals surface area contributed by atoms with Crippen molar-refractivity contribution in [1.29, 1.82) is 0 Å². The van der Waals surface area contributed by atoms with Gasteiger partial charge in [-0.2, -0.15) is 0 Å². The van der Waals surface area contributed by atoms with Gasteiger partial charge in [-0.25, -0.2) is 0 Å². The number of rotatable bonds is 4. The molecule has 0 bridgehead atoms. The van der Waals surface area contributed by atoms with Crippen LogP contribution in [0.1, 0.15) is 28.7 Å². The zero-order chi connectivity index (χ0) is 15.2. The maximum absolute atomic E-state index is 3.26. The van der Waals surface area contributed by atoms with Crippen molar-refractivity contribution in [2.24, 2.45) is 0 Å². The third kappa shape index (κ3) is 4.81. The standard InChI is InChI=1S/C20H26N2.ClH/c1-21-13-6-14-22-15-19-9-4-2-7-17(19)11-12-18-8-3-5-10-20(18)16-22;/h2-5,7-10,21H,6,11-16H2,1H3;1H. The van der Waals surface area contributed by atoms with Gasteiger partial charge in [-0.15, -0.1) is 12.4 Å². The molecule has 0 aliphatic carbocycles. The van der Waals surface area contributed by atoms with Crippen molar-refractivity contribution in [3.8, 4) is 0 Å². The maximum Gasteiger partial charge on any atom is 0.0240 e. The molecule has 0 amide bonds. The first kappa shape index (κ1) is 18.0. The Morgan fingerprint density at radius 3 is 1.78 bits per heavy atom. The van der Waals surface area contributed by atoms with Crippen molar-refractivity contribution in [2.75, 3.05) is 20.1 Å². The highest BCUT2D eigenvalue weighted by molar-refractivity contribution is 5.85. The fourth-order valence-electron chi connectivity index (χ4n) is 3.36. The van der Waals surface area contributed by atoms with Crippen LogP contribution in [0.3, 0.4) is 0 Å². The molecule has 0 spiro atoms. The summed E-state index contributed by atoms with van der Waals surface area (Å²) in [5.41, 5.74) is 6.02. The summed E-state index contributed by atoms with van der Waals surface area (Å²) in [5.74, 6) is 0. The van der Waals surface area contributed by atoms with Crippen molar-refractivity contribution < 1.29 is 0 Å². The molecule has 0 fully saturated rings. The lowest BCUT2D eigenvalue weighted by Crippen LogP contribution is -2.26. The van der Waals surface area contributed by atoms with Crippen LogP contribution in [0.25, 0.3) is 0 Å². The number of hydrogen-bond acceptors (Lipinski definition) is 2. The molecule has 0 saturated carbocycles. The molecule has 0 saturated heterocycles. The average molecular weight is 331 g/mol. The quantitative estimate of drug-likeness (QED) is 0.857. The predicted molar refractivity (Wildman–Crippen MR) is 100 cm³/mol. The smallest absolute Gasteiger partial charge is 0.0240 e. The van der Waals surface area contributed by atoms with Crippen LogP contribution >= 0.6 is 12.4 Å². The van der Waals surface area contributed by atoms with Gasteiger partial charge in [0.2, 0.25) is 0 Å². The number of fused-ring (bicyclic) bond motifs is 2. The Hall–Kier alpha value is -1.35. The second-order valence-electron chi connectivity index (χ2n) is 6.21. The minimum atomic E-state index is 0. The number of nitrogens with zero attached hydrogens (tertiary/aromatic N) is 1. The molecular formula is C20H27ClN2. The van der Waals surface area contributed by atoms with Crippen molar-refractivity contribution in [2.45, 2.75) is 32.4 Å². The van der Waals surface area contributed by atoms with Gasteiger partial charge in [-0.05, 0) is 55.1 Å². The van der Waals surface area contributed by atoms with Crippen LogP contribution in [0.5, 0.6) is 0 Å². The van der Waals surface area contributed by atoms with Crippen LogP contribution in [-0.4, -0.2) is 25.0 Å². The van der Waals surface area contributed by atoms with Gasteiger partial charge in [0, 0.05) is 19.6 Å². The molecule has 0 unspecified atom stereocenters. The highest BCUT2D eigenvalue weighted by Gasteiger charge is 2.14. The molecule has 1 N–H and O–H groups in total. The second kappa shape index (κ2) is 9.07. The lowest BCUT2D eigenvalue weighted by molar-refractivity contribution is 0.252. The zero-order valence-electron chi connectivity index (χ0n) is 13.9. The first-order valence-electron chi connectivity index (χ1n) is 8.37. The van der Waals surface area contributed by atoms with Gasteiger partial charge in [0.25, 0.3) is 0 Å². The molecule has 0 radical (unpaired) electrons.